The van der Waals surface area contributed by atoms with Gasteiger partial charge in [0.15, 0.2) is 0 Å². The number of amides is 1. The molecule has 0 radical (unpaired) electrons. The van der Waals surface area contributed by atoms with Gasteiger partial charge < -0.3 is 5.32 Å². The predicted molar refractivity (Wildman–Crippen MR) is 93.1 cm³/mol. The molecule has 2 aromatic heterocycles. The maximum atomic E-state index is 12.3. The summed E-state index contributed by atoms with van der Waals surface area (Å²) in [4.78, 5) is 18.9. The van der Waals surface area contributed by atoms with E-state index in [9.17, 15) is 4.79 Å². The Morgan fingerprint density at radius 3 is 3.04 bits per heavy atom. The van der Waals surface area contributed by atoms with E-state index in [0.29, 0.717) is 12.5 Å². The number of aromatic nitrogens is 3. The SMILES string of the molecule is Cc1ccc([C@H]2C[C@@H]2C(=O)NCc2cccc(-n3cncn3)c2)s1. The van der Waals surface area contributed by atoms with Crippen LogP contribution in [0, 0.1) is 12.8 Å². The molecule has 1 N–H and O–H groups in total. The van der Waals surface area contributed by atoms with E-state index >= 15 is 0 Å². The molecule has 2 heterocycles. The summed E-state index contributed by atoms with van der Waals surface area (Å²) in [5.74, 6) is 0.684. The molecule has 2 atom stereocenters. The van der Waals surface area contributed by atoms with Crippen LogP contribution in [0.3, 0.4) is 0 Å². The molecule has 24 heavy (non-hydrogen) atoms. The number of benzene rings is 1. The summed E-state index contributed by atoms with van der Waals surface area (Å²) in [6.07, 6.45) is 4.13. The lowest BCUT2D eigenvalue weighted by Crippen LogP contribution is -2.24. The third-order valence-corrected chi connectivity index (χ3v) is 5.45. The van der Waals surface area contributed by atoms with Crippen LogP contribution in [-0.2, 0) is 11.3 Å². The summed E-state index contributed by atoms with van der Waals surface area (Å²) < 4.78 is 1.71. The van der Waals surface area contributed by atoms with Crippen LogP contribution in [0.1, 0.15) is 27.7 Å². The van der Waals surface area contributed by atoms with E-state index < -0.39 is 0 Å². The Balaban J connectivity index is 1.36. The molecule has 4 rings (SSSR count). The number of nitrogens with zero attached hydrogens (tertiary/aromatic N) is 3. The van der Waals surface area contributed by atoms with Crippen LogP contribution in [-0.4, -0.2) is 20.7 Å². The van der Waals surface area contributed by atoms with E-state index in [0.717, 1.165) is 17.7 Å². The molecule has 0 saturated heterocycles. The van der Waals surface area contributed by atoms with Crippen LogP contribution in [0.25, 0.3) is 5.69 Å². The summed E-state index contributed by atoms with van der Waals surface area (Å²) in [5, 5.41) is 7.19. The van der Waals surface area contributed by atoms with Crippen molar-refractivity contribution in [3.05, 3.63) is 64.4 Å². The third kappa shape index (κ3) is 3.10. The van der Waals surface area contributed by atoms with Gasteiger partial charge >= 0.3 is 0 Å². The highest BCUT2D eigenvalue weighted by atomic mass is 32.1. The van der Waals surface area contributed by atoms with Crippen molar-refractivity contribution in [2.75, 3.05) is 0 Å². The highest BCUT2D eigenvalue weighted by Crippen LogP contribution is 2.49. The van der Waals surface area contributed by atoms with Gasteiger partial charge in [-0.05, 0) is 43.2 Å². The molecule has 0 aliphatic heterocycles. The molecular formula is C18H18N4OS. The Morgan fingerprint density at radius 1 is 1.38 bits per heavy atom. The molecule has 6 heteroatoms. The van der Waals surface area contributed by atoms with Crippen LogP contribution in [0.2, 0.25) is 0 Å². The topological polar surface area (TPSA) is 59.8 Å². The Hall–Kier alpha value is -2.47. The molecule has 0 unspecified atom stereocenters. The van der Waals surface area contributed by atoms with Gasteiger partial charge in [0.1, 0.15) is 12.7 Å². The fourth-order valence-corrected chi connectivity index (χ4v) is 3.98. The fourth-order valence-electron chi connectivity index (χ4n) is 2.92. The quantitative estimate of drug-likeness (QED) is 0.778. The molecule has 1 aliphatic rings. The van der Waals surface area contributed by atoms with Gasteiger partial charge in [0.05, 0.1) is 5.69 Å². The smallest absolute Gasteiger partial charge is 0.224 e. The van der Waals surface area contributed by atoms with Crippen molar-refractivity contribution in [3.63, 3.8) is 0 Å². The first kappa shape index (κ1) is 15.1. The summed E-state index contributed by atoms with van der Waals surface area (Å²) in [6, 6.07) is 12.2. The van der Waals surface area contributed by atoms with E-state index in [4.69, 9.17) is 0 Å². The lowest BCUT2D eigenvalue weighted by molar-refractivity contribution is -0.122. The van der Waals surface area contributed by atoms with Crippen molar-refractivity contribution in [2.45, 2.75) is 25.8 Å². The summed E-state index contributed by atoms with van der Waals surface area (Å²) in [5.41, 5.74) is 2.00. The lowest BCUT2D eigenvalue weighted by atomic mass is 10.2. The normalized spacial score (nSPS) is 19.2. The Labute approximate surface area is 144 Å². The molecular weight excluding hydrogens is 320 g/mol. The molecule has 3 aromatic rings. The molecule has 0 bridgehead atoms. The molecule has 0 spiro atoms. The van der Waals surface area contributed by atoms with Crippen LogP contribution in [0.5, 0.6) is 0 Å². The van der Waals surface area contributed by atoms with Crippen LogP contribution >= 0.6 is 11.3 Å². The number of aryl methyl sites for hydroxylation is 1. The first-order chi connectivity index (χ1) is 11.7. The molecule has 1 amide bonds. The Morgan fingerprint density at radius 2 is 2.29 bits per heavy atom. The standard InChI is InChI=1S/C18H18N4OS/c1-12-5-6-17(24-12)15-8-16(15)18(23)20-9-13-3-2-4-14(7-13)22-11-19-10-21-22/h2-7,10-11,15-16H,8-9H2,1H3,(H,20,23)/t15-,16-/m0/s1. The number of hydrogen-bond donors (Lipinski definition) is 1. The van der Waals surface area contributed by atoms with Crippen molar-refractivity contribution >= 4 is 17.2 Å². The second-order valence-electron chi connectivity index (χ2n) is 6.12. The average Bonchev–Trinajstić information content (AvgIpc) is 3.00. The van der Waals surface area contributed by atoms with Crippen molar-refractivity contribution in [1.82, 2.24) is 20.1 Å². The van der Waals surface area contributed by atoms with Gasteiger partial charge in [0.25, 0.3) is 0 Å². The molecule has 122 valence electrons. The maximum absolute atomic E-state index is 12.3. The molecule has 1 fully saturated rings. The van der Waals surface area contributed by atoms with Crippen LogP contribution in [0.4, 0.5) is 0 Å². The molecule has 1 saturated carbocycles. The highest BCUT2D eigenvalue weighted by Gasteiger charge is 2.44. The number of carbonyl (C=O) groups is 1. The van der Waals surface area contributed by atoms with Crippen molar-refractivity contribution in [2.24, 2.45) is 5.92 Å². The van der Waals surface area contributed by atoms with Crippen LogP contribution in [0.15, 0.2) is 49.1 Å². The number of rotatable bonds is 5. The van der Waals surface area contributed by atoms with Gasteiger partial charge in [-0.15, -0.1) is 11.3 Å². The van der Waals surface area contributed by atoms with E-state index in [-0.39, 0.29) is 11.8 Å². The minimum absolute atomic E-state index is 0.126. The van der Waals surface area contributed by atoms with Gasteiger partial charge in [0, 0.05) is 28.1 Å². The number of thiophene rings is 1. The number of nitrogens with one attached hydrogen (secondary N) is 1. The van der Waals surface area contributed by atoms with Crippen molar-refractivity contribution < 1.29 is 4.79 Å². The van der Waals surface area contributed by atoms with E-state index in [2.05, 4.69) is 34.5 Å². The minimum Gasteiger partial charge on any atom is -0.352 e. The predicted octanol–water partition coefficient (Wildman–Crippen LogP) is 3.06. The lowest BCUT2D eigenvalue weighted by Gasteiger charge is -2.07. The molecule has 5 nitrogen and oxygen atoms in total. The Bertz CT molecular complexity index is 856. The highest BCUT2D eigenvalue weighted by molar-refractivity contribution is 7.12. The van der Waals surface area contributed by atoms with E-state index in [1.807, 2.05) is 24.3 Å². The maximum Gasteiger partial charge on any atom is 0.224 e. The number of hydrogen-bond acceptors (Lipinski definition) is 4. The minimum atomic E-state index is 0.126. The first-order valence-electron chi connectivity index (χ1n) is 7.99. The first-order valence-corrected chi connectivity index (χ1v) is 8.80. The largest absolute Gasteiger partial charge is 0.352 e. The second-order valence-corrected chi connectivity index (χ2v) is 7.44. The monoisotopic (exact) mass is 338 g/mol. The fraction of sp³-hybridized carbons (Fsp3) is 0.278. The zero-order valence-electron chi connectivity index (χ0n) is 13.3. The number of carbonyl (C=O) groups excluding carboxylic acids is 1. The molecule has 1 aromatic carbocycles. The van der Waals surface area contributed by atoms with Gasteiger partial charge in [0.2, 0.25) is 5.91 Å². The summed E-state index contributed by atoms with van der Waals surface area (Å²) in [6.45, 7) is 2.64. The molecule has 1 aliphatic carbocycles. The average molecular weight is 338 g/mol. The summed E-state index contributed by atoms with van der Waals surface area (Å²) >= 11 is 1.80. The van der Waals surface area contributed by atoms with Gasteiger partial charge in [-0.1, -0.05) is 12.1 Å². The van der Waals surface area contributed by atoms with E-state index in [1.165, 1.54) is 16.1 Å². The van der Waals surface area contributed by atoms with Crippen molar-refractivity contribution in [1.29, 1.82) is 0 Å². The second kappa shape index (κ2) is 6.20. The zero-order chi connectivity index (χ0) is 16.5. The zero-order valence-corrected chi connectivity index (χ0v) is 14.2. The van der Waals surface area contributed by atoms with Gasteiger partial charge in [-0.2, -0.15) is 5.10 Å². The Kier molecular flexibility index (Phi) is 3.90. The van der Waals surface area contributed by atoms with E-state index in [1.54, 1.807) is 22.3 Å². The summed E-state index contributed by atoms with van der Waals surface area (Å²) in [7, 11) is 0. The third-order valence-electron chi connectivity index (χ3n) is 4.31. The van der Waals surface area contributed by atoms with Gasteiger partial charge in [-0.25, -0.2) is 9.67 Å². The van der Waals surface area contributed by atoms with Gasteiger partial charge in [-0.3, -0.25) is 4.79 Å². The van der Waals surface area contributed by atoms with Crippen LogP contribution < -0.4 is 5.32 Å². The van der Waals surface area contributed by atoms with Crippen molar-refractivity contribution in [3.8, 4) is 5.69 Å².